The van der Waals surface area contributed by atoms with Crippen molar-refractivity contribution >= 4 is 51.4 Å². The van der Waals surface area contributed by atoms with E-state index < -0.39 is 42.3 Å². The molecule has 2 aromatic heterocycles. The normalized spacial score (nSPS) is 18.2. The quantitative estimate of drug-likeness (QED) is 0.123. The second-order valence-electron chi connectivity index (χ2n) is 14.4. The monoisotopic (exact) mass is 743 g/mol. The first-order chi connectivity index (χ1) is 25.7. The number of ether oxygens (including phenoxy) is 2. The van der Waals surface area contributed by atoms with Crippen LogP contribution in [0.2, 0.25) is 0 Å². The van der Waals surface area contributed by atoms with Crippen LogP contribution in [0.3, 0.4) is 0 Å². The second kappa shape index (κ2) is 16.3. The number of amides is 2. The third-order valence-corrected chi connectivity index (χ3v) is 9.04. The molecule has 0 spiro atoms. The first-order valence-corrected chi connectivity index (χ1v) is 17.9. The summed E-state index contributed by atoms with van der Waals surface area (Å²) in [6.45, 7) is 8.25. The SMILES string of the molecule is CC(=Nc1cc2ccc(C3=CCNCC3)cc2nc1C(=O)Nc1cnccc1N1CC(NC(=O)OC(C)(C)C)CC(C(F)(F)F)C1)OCc1ccccc1. The van der Waals surface area contributed by atoms with Crippen LogP contribution in [0.4, 0.5) is 35.0 Å². The fourth-order valence-electron chi connectivity index (χ4n) is 6.51. The molecule has 1 fully saturated rings. The zero-order valence-electron chi connectivity index (χ0n) is 30.7. The van der Waals surface area contributed by atoms with Gasteiger partial charge in [-0.15, -0.1) is 0 Å². The highest BCUT2D eigenvalue weighted by Gasteiger charge is 2.45. The lowest BCUT2D eigenvalue weighted by molar-refractivity contribution is -0.177. The predicted molar refractivity (Wildman–Crippen MR) is 203 cm³/mol. The number of nitrogens with one attached hydrogen (secondary N) is 3. The Hall–Kier alpha value is -5.50. The van der Waals surface area contributed by atoms with Gasteiger partial charge in [-0.1, -0.05) is 48.5 Å². The molecule has 3 N–H and O–H groups in total. The minimum Gasteiger partial charge on any atom is -0.476 e. The number of halogens is 3. The van der Waals surface area contributed by atoms with Crippen LogP contribution in [0.5, 0.6) is 0 Å². The second-order valence-corrected chi connectivity index (χ2v) is 14.4. The molecule has 2 aromatic carbocycles. The summed E-state index contributed by atoms with van der Waals surface area (Å²) >= 11 is 0. The van der Waals surface area contributed by atoms with Gasteiger partial charge in [0.05, 0.1) is 40.7 Å². The molecule has 2 aliphatic heterocycles. The molecule has 284 valence electrons. The highest BCUT2D eigenvalue weighted by Crippen LogP contribution is 2.37. The molecule has 0 saturated carbocycles. The van der Waals surface area contributed by atoms with E-state index in [-0.39, 0.29) is 36.6 Å². The number of piperidine rings is 1. The van der Waals surface area contributed by atoms with Crippen molar-refractivity contribution in [2.24, 2.45) is 10.9 Å². The van der Waals surface area contributed by atoms with Crippen molar-refractivity contribution < 1.29 is 32.2 Å². The van der Waals surface area contributed by atoms with Gasteiger partial charge in [0.25, 0.3) is 5.91 Å². The summed E-state index contributed by atoms with van der Waals surface area (Å²) in [6, 6.07) is 17.9. The first-order valence-electron chi connectivity index (χ1n) is 17.9. The molecule has 0 radical (unpaired) electrons. The summed E-state index contributed by atoms with van der Waals surface area (Å²) in [5.41, 5.74) is 3.58. The smallest absolute Gasteiger partial charge is 0.407 e. The van der Waals surface area contributed by atoms with Gasteiger partial charge in [-0.25, -0.2) is 14.8 Å². The van der Waals surface area contributed by atoms with Gasteiger partial charge in [0.1, 0.15) is 12.2 Å². The highest BCUT2D eigenvalue weighted by molar-refractivity contribution is 6.09. The number of anilines is 2. The van der Waals surface area contributed by atoms with E-state index in [9.17, 15) is 22.8 Å². The summed E-state index contributed by atoms with van der Waals surface area (Å²) in [5, 5.41) is 9.53. The van der Waals surface area contributed by atoms with Crippen molar-refractivity contribution in [1.82, 2.24) is 20.6 Å². The number of aromatic nitrogens is 2. The topological polar surface area (TPSA) is 130 Å². The molecule has 2 atom stereocenters. The van der Waals surface area contributed by atoms with Crippen molar-refractivity contribution in [2.75, 3.05) is 36.4 Å². The van der Waals surface area contributed by atoms with Crippen LogP contribution < -0.4 is 20.9 Å². The Labute approximate surface area is 312 Å². The molecule has 6 rings (SSSR count). The molecule has 1 saturated heterocycles. The number of nitrogens with zero attached hydrogens (tertiary/aromatic N) is 4. The minimum absolute atomic E-state index is 0.00677. The van der Waals surface area contributed by atoms with E-state index in [0.29, 0.717) is 17.1 Å². The van der Waals surface area contributed by atoms with Crippen molar-refractivity contribution in [3.63, 3.8) is 0 Å². The van der Waals surface area contributed by atoms with E-state index in [4.69, 9.17) is 14.5 Å². The van der Waals surface area contributed by atoms with Crippen molar-refractivity contribution in [2.45, 2.75) is 65.0 Å². The van der Waals surface area contributed by atoms with Gasteiger partial charge in [0.2, 0.25) is 0 Å². The molecule has 0 aliphatic carbocycles. The number of alkyl carbamates (subject to hydrolysis) is 1. The van der Waals surface area contributed by atoms with Crippen LogP contribution in [-0.2, 0) is 16.1 Å². The van der Waals surface area contributed by atoms with E-state index in [1.165, 1.54) is 28.9 Å². The zero-order chi connectivity index (χ0) is 38.5. The summed E-state index contributed by atoms with van der Waals surface area (Å²) < 4.78 is 53.9. The Morgan fingerprint density at radius 2 is 1.85 bits per heavy atom. The van der Waals surface area contributed by atoms with Gasteiger partial charge in [0, 0.05) is 38.1 Å². The number of hydrogen-bond donors (Lipinski definition) is 3. The van der Waals surface area contributed by atoms with Gasteiger partial charge < -0.3 is 30.3 Å². The fourth-order valence-corrected chi connectivity index (χ4v) is 6.51. The van der Waals surface area contributed by atoms with Gasteiger partial charge in [-0.05, 0) is 75.1 Å². The molecule has 14 heteroatoms. The summed E-state index contributed by atoms with van der Waals surface area (Å²) in [6.07, 6.45) is 0.128. The third-order valence-electron chi connectivity index (χ3n) is 9.04. The van der Waals surface area contributed by atoms with Gasteiger partial charge >= 0.3 is 12.3 Å². The van der Waals surface area contributed by atoms with E-state index in [2.05, 4.69) is 32.0 Å². The highest BCUT2D eigenvalue weighted by atomic mass is 19.4. The number of carbonyl (C=O) groups excluding carboxylic acids is 2. The minimum atomic E-state index is -4.53. The lowest BCUT2D eigenvalue weighted by Gasteiger charge is -2.40. The van der Waals surface area contributed by atoms with Crippen LogP contribution in [0.15, 0.2) is 84.1 Å². The van der Waals surface area contributed by atoms with Crippen molar-refractivity contribution in [1.29, 1.82) is 0 Å². The van der Waals surface area contributed by atoms with Crippen LogP contribution in [-0.4, -0.2) is 71.9 Å². The Bertz CT molecular complexity index is 2050. The summed E-state index contributed by atoms with van der Waals surface area (Å²) in [7, 11) is 0. The maximum Gasteiger partial charge on any atom is 0.407 e. The molecule has 4 heterocycles. The number of aliphatic imine (C=N–C) groups is 1. The lowest BCUT2D eigenvalue weighted by Crippen LogP contribution is -2.54. The number of alkyl halides is 3. The fraction of sp³-hybridized carbons (Fsp3) is 0.375. The Kier molecular flexibility index (Phi) is 11.5. The maximum absolute atomic E-state index is 14.2. The van der Waals surface area contributed by atoms with Crippen LogP contribution in [0.25, 0.3) is 16.5 Å². The van der Waals surface area contributed by atoms with E-state index in [1.54, 1.807) is 33.8 Å². The zero-order valence-corrected chi connectivity index (χ0v) is 30.7. The molecule has 2 amide bonds. The van der Waals surface area contributed by atoms with Crippen LogP contribution >= 0.6 is 0 Å². The average molecular weight is 744 g/mol. The Balaban J connectivity index is 1.32. The van der Waals surface area contributed by atoms with Gasteiger partial charge in [0.15, 0.2) is 11.6 Å². The van der Waals surface area contributed by atoms with Crippen molar-refractivity contribution in [3.05, 3.63) is 96.0 Å². The molecular formula is C40H44F3N7O4. The number of hydrogen-bond acceptors (Lipinski definition) is 9. The molecule has 2 unspecified atom stereocenters. The standard InChI is InChI=1S/C40H44F3N7O4/c1-25(53-24-26-8-6-5-7-9-26)46-33-19-29-11-10-28(27-12-15-44-16-13-27)18-32(29)48-36(33)37(51)49-34-21-45-17-14-35(34)50-22-30(40(41,42)43)20-31(23-50)47-38(52)54-39(2,3)4/h5-12,14,17-19,21,30-31,44H,13,15-16,20,22-24H2,1-4H3,(H,47,52)(H,49,51). The Morgan fingerprint density at radius 1 is 1.06 bits per heavy atom. The number of carbonyl (C=O) groups is 2. The molecule has 4 aromatic rings. The van der Waals surface area contributed by atoms with Crippen LogP contribution in [0, 0.1) is 5.92 Å². The summed E-state index contributed by atoms with van der Waals surface area (Å²) in [5.74, 6) is -2.09. The van der Waals surface area contributed by atoms with E-state index >= 15 is 0 Å². The third kappa shape index (κ3) is 9.92. The van der Waals surface area contributed by atoms with Crippen LogP contribution in [0.1, 0.15) is 62.2 Å². The number of rotatable bonds is 8. The summed E-state index contributed by atoms with van der Waals surface area (Å²) in [4.78, 5) is 41.9. The molecule has 11 nitrogen and oxygen atoms in total. The predicted octanol–water partition coefficient (Wildman–Crippen LogP) is 7.81. The maximum atomic E-state index is 14.2. The van der Waals surface area contributed by atoms with E-state index in [1.807, 2.05) is 48.5 Å². The molecular weight excluding hydrogens is 699 g/mol. The van der Waals surface area contributed by atoms with Gasteiger partial charge in [-0.2, -0.15) is 13.2 Å². The van der Waals surface area contributed by atoms with E-state index in [0.717, 1.165) is 36.0 Å². The average Bonchev–Trinajstić information content (AvgIpc) is 3.13. The largest absolute Gasteiger partial charge is 0.476 e. The van der Waals surface area contributed by atoms with Gasteiger partial charge in [-0.3, -0.25) is 9.78 Å². The number of pyridine rings is 2. The molecule has 2 aliphatic rings. The van der Waals surface area contributed by atoms with Crippen molar-refractivity contribution in [3.8, 4) is 0 Å². The number of fused-ring (bicyclic) bond motifs is 1. The number of benzene rings is 2. The Morgan fingerprint density at radius 3 is 2.57 bits per heavy atom. The molecule has 0 bridgehead atoms. The molecule has 54 heavy (non-hydrogen) atoms. The lowest BCUT2D eigenvalue weighted by atomic mass is 9.93. The first kappa shape index (κ1) is 38.2.